The number of hydrogen-bond donors (Lipinski definition) is 1. The van der Waals surface area contributed by atoms with Gasteiger partial charge in [-0.25, -0.2) is 14.8 Å². The number of aromatic carboxylic acids is 1. The summed E-state index contributed by atoms with van der Waals surface area (Å²) in [5.41, 5.74) is 0.150. The lowest BCUT2D eigenvalue weighted by Crippen LogP contribution is -2.46. The molecule has 0 radical (unpaired) electrons. The van der Waals surface area contributed by atoms with Crippen LogP contribution in [0.2, 0.25) is 0 Å². The molecule has 1 aliphatic rings. The molecule has 1 aliphatic heterocycles. The molecular formula is C14H21N3O3S. The van der Waals surface area contributed by atoms with Crippen LogP contribution in [0.25, 0.3) is 0 Å². The number of ether oxygens (including phenoxy) is 1. The molecular weight excluding hydrogens is 290 g/mol. The molecule has 1 aromatic heterocycles. The van der Waals surface area contributed by atoms with E-state index in [0.29, 0.717) is 24.1 Å². The molecule has 1 aromatic rings. The molecule has 116 valence electrons. The molecule has 6 nitrogen and oxygen atoms in total. The lowest BCUT2D eigenvalue weighted by Gasteiger charge is -2.36. The number of rotatable bonds is 5. The molecule has 21 heavy (non-hydrogen) atoms. The first kappa shape index (κ1) is 16.0. The highest BCUT2D eigenvalue weighted by atomic mass is 32.2. The van der Waals surface area contributed by atoms with E-state index in [2.05, 4.69) is 16.9 Å². The lowest BCUT2D eigenvalue weighted by molar-refractivity contribution is -0.00561. The van der Waals surface area contributed by atoms with Gasteiger partial charge in [0.2, 0.25) is 0 Å². The minimum Gasteiger partial charge on any atom is -0.477 e. The van der Waals surface area contributed by atoms with Gasteiger partial charge in [-0.2, -0.15) is 0 Å². The van der Waals surface area contributed by atoms with Crippen LogP contribution in [0.1, 0.15) is 37.6 Å². The second-order valence-corrected chi connectivity index (χ2v) is 6.27. The SMILES string of the molecule is CCCSc1ncc(C(=O)O)c(N2CC(C)OC(C)C2)n1. The molecule has 2 heterocycles. The van der Waals surface area contributed by atoms with Crippen molar-refractivity contribution in [2.45, 2.75) is 44.6 Å². The fourth-order valence-electron chi connectivity index (χ4n) is 2.36. The second-order valence-electron chi connectivity index (χ2n) is 5.21. The molecule has 2 unspecified atom stereocenters. The molecule has 1 saturated heterocycles. The number of carboxylic acid groups (broad SMARTS) is 1. The van der Waals surface area contributed by atoms with Crippen molar-refractivity contribution in [2.75, 3.05) is 23.7 Å². The summed E-state index contributed by atoms with van der Waals surface area (Å²) in [6.45, 7) is 7.33. The van der Waals surface area contributed by atoms with E-state index in [1.54, 1.807) is 11.8 Å². The van der Waals surface area contributed by atoms with E-state index >= 15 is 0 Å². The van der Waals surface area contributed by atoms with Gasteiger partial charge in [-0.15, -0.1) is 0 Å². The zero-order chi connectivity index (χ0) is 15.4. The highest BCUT2D eigenvalue weighted by molar-refractivity contribution is 7.99. The summed E-state index contributed by atoms with van der Waals surface area (Å²) >= 11 is 1.55. The van der Waals surface area contributed by atoms with Crippen molar-refractivity contribution in [3.8, 4) is 0 Å². The molecule has 1 N–H and O–H groups in total. The van der Waals surface area contributed by atoms with Crippen molar-refractivity contribution in [3.05, 3.63) is 11.8 Å². The predicted molar refractivity (Wildman–Crippen MR) is 82.2 cm³/mol. The van der Waals surface area contributed by atoms with Gasteiger partial charge in [0.05, 0.1) is 12.2 Å². The number of aromatic nitrogens is 2. The van der Waals surface area contributed by atoms with Gasteiger partial charge in [-0.1, -0.05) is 18.7 Å². The van der Waals surface area contributed by atoms with Crippen LogP contribution in [-0.4, -0.2) is 52.1 Å². The van der Waals surface area contributed by atoms with E-state index in [1.807, 2.05) is 18.7 Å². The molecule has 0 bridgehead atoms. The smallest absolute Gasteiger partial charge is 0.341 e. The molecule has 0 spiro atoms. The normalized spacial score (nSPS) is 22.3. The maximum Gasteiger partial charge on any atom is 0.341 e. The van der Waals surface area contributed by atoms with E-state index in [4.69, 9.17) is 4.74 Å². The Bertz CT molecular complexity index is 502. The summed E-state index contributed by atoms with van der Waals surface area (Å²) in [4.78, 5) is 22.0. The van der Waals surface area contributed by atoms with Crippen LogP contribution in [0.5, 0.6) is 0 Å². The predicted octanol–water partition coefficient (Wildman–Crippen LogP) is 2.29. The van der Waals surface area contributed by atoms with E-state index in [-0.39, 0.29) is 17.8 Å². The number of hydrogen-bond acceptors (Lipinski definition) is 6. The summed E-state index contributed by atoms with van der Waals surface area (Å²) in [6.07, 6.45) is 2.54. The fraction of sp³-hybridized carbons (Fsp3) is 0.643. The largest absolute Gasteiger partial charge is 0.477 e. The van der Waals surface area contributed by atoms with Crippen molar-refractivity contribution < 1.29 is 14.6 Å². The minimum absolute atomic E-state index is 0.0529. The van der Waals surface area contributed by atoms with Crippen LogP contribution in [-0.2, 0) is 4.74 Å². The number of carbonyl (C=O) groups is 1. The number of morpholine rings is 1. The van der Waals surface area contributed by atoms with Gasteiger partial charge in [0.1, 0.15) is 11.4 Å². The van der Waals surface area contributed by atoms with Crippen LogP contribution >= 0.6 is 11.8 Å². The summed E-state index contributed by atoms with van der Waals surface area (Å²) in [6, 6.07) is 0. The van der Waals surface area contributed by atoms with E-state index in [9.17, 15) is 9.90 Å². The molecule has 0 aliphatic carbocycles. The Morgan fingerprint density at radius 2 is 2.14 bits per heavy atom. The first-order valence-electron chi connectivity index (χ1n) is 7.14. The minimum atomic E-state index is -0.996. The van der Waals surface area contributed by atoms with Crippen molar-refractivity contribution in [3.63, 3.8) is 0 Å². The summed E-state index contributed by atoms with van der Waals surface area (Å²) in [5.74, 6) is 0.420. The third-order valence-corrected chi connectivity index (χ3v) is 4.20. The van der Waals surface area contributed by atoms with Crippen molar-refractivity contribution in [2.24, 2.45) is 0 Å². The maximum absolute atomic E-state index is 11.4. The Morgan fingerprint density at radius 1 is 1.48 bits per heavy atom. The summed E-state index contributed by atoms with van der Waals surface area (Å²) in [5, 5.41) is 9.98. The average Bonchev–Trinajstić information content (AvgIpc) is 2.43. The molecule has 7 heteroatoms. The Hall–Kier alpha value is -1.34. The Morgan fingerprint density at radius 3 is 2.71 bits per heavy atom. The van der Waals surface area contributed by atoms with E-state index in [1.165, 1.54) is 6.20 Å². The first-order chi connectivity index (χ1) is 10.0. The van der Waals surface area contributed by atoms with Gasteiger partial charge in [-0.3, -0.25) is 0 Å². The number of nitrogens with zero attached hydrogens (tertiary/aromatic N) is 3. The standard InChI is InChI=1S/C14H21N3O3S/c1-4-5-21-14-15-6-11(13(18)19)12(16-14)17-7-9(2)20-10(3)8-17/h6,9-10H,4-5,7-8H2,1-3H3,(H,18,19). The maximum atomic E-state index is 11.4. The monoisotopic (exact) mass is 311 g/mol. The third kappa shape index (κ3) is 4.07. The quantitative estimate of drug-likeness (QED) is 0.660. The fourth-order valence-corrected chi connectivity index (χ4v) is 3.03. The van der Waals surface area contributed by atoms with Gasteiger partial charge in [-0.05, 0) is 20.3 Å². The van der Waals surface area contributed by atoms with Gasteiger partial charge < -0.3 is 14.7 Å². The first-order valence-corrected chi connectivity index (χ1v) is 8.13. The van der Waals surface area contributed by atoms with E-state index in [0.717, 1.165) is 12.2 Å². The third-order valence-electron chi connectivity index (χ3n) is 3.13. The van der Waals surface area contributed by atoms with Gasteiger partial charge >= 0.3 is 5.97 Å². The average molecular weight is 311 g/mol. The van der Waals surface area contributed by atoms with Crippen molar-refractivity contribution >= 4 is 23.5 Å². The van der Waals surface area contributed by atoms with Crippen LogP contribution < -0.4 is 4.90 Å². The zero-order valence-corrected chi connectivity index (χ0v) is 13.4. The second kappa shape index (κ2) is 7.09. The highest BCUT2D eigenvalue weighted by Gasteiger charge is 2.27. The van der Waals surface area contributed by atoms with Crippen molar-refractivity contribution in [1.82, 2.24) is 9.97 Å². The summed E-state index contributed by atoms with van der Waals surface area (Å²) < 4.78 is 5.70. The number of thioether (sulfide) groups is 1. The van der Waals surface area contributed by atoms with Gasteiger partial charge in [0.15, 0.2) is 5.16 Å². The van der Waals surface area contributed by atoms with Crippen LogP contribution in [0, 0.1) is 0 Å². The van der Waals surface area contributed by atoms with Crippen LogP contribution in [0.4, 0.5) is 5.82 Å². The number of carboxylic acids is 1. The molecule has 1 fully saturated rings. The molecule has 0 saturated carbocycles. The lowest BCUT2D eigenvalue weighted by atomic mass is 10.2. The Labute approximate surface area is 128 Å². The summed E-state index contributed by atoms with van der Waals surface area (Å²) in [7, 11) is 0. The topological polar surface area (TPSA) is 75.5 Å². The zero-order valence-electron chi connectivity index (χ0n) is 12.6. The molecule has 0 amide bonds. The molecule has 2 rings (SSSR count). The van der Waals surface area contributed by atoms with Crippen LogP contribution in [0.3, 0.4) is 0 Å². The number of anilines is 1. The molecule has 2 atom stereocenters. The Balaban J connectivity index is 2.31. The van der Waals surface area contributed by atoms with Crippen LogP contribution in [0.15, 0.2) is 11.4 Å². The van der Waals surface area contributed by atoms with Crippen molar-refractivity contribution in [1.29, 1.82) is 0 Å². The van der Waals surface area contributed by atoms with Gasteiger partial charge in [0.25, 0.3) is 0 Å². The van der Waals surface area contributed by atoms with Gasteiger partial charge in [0, 0.05) is 25.0 Å². The Kier molecular flexibility index (Phi) is 5.41. The highest BCUT2D eigenvalue weighted by Crippen LogP contribution is 2.25. The molecule has 0 aromatic carbocycles. The van der Waals surface area contributed by atoms with E-state index < -0.39 is 5.97 Å².